The van der Waals surface area contributed by atoms with Crippen molar-refractivity contribution in [1.29, 1.82) is 0 Å². The summed E-state index contributed by atoms with van der Waals surface area (Å²) < 4.78 is 1.68. The quantitative estimate of drug-likeness (QED) is 0.899. The van der Waals surface area contributed by atoms with Crippen molar-refractivity contribution in [2.45, 2.75) is 31.9 Å². The van der Waals surface area contributed by atoms with Crippen molar-refractivity contribution < 1.29 is 9.90 Å². The molecule has 122 valence electrons. The maximum atomic E-state index is 12.3. The molecule has 2 unspecified atom stereocenters. The Morgan fingerprint density at radius 1 is 1.39 bits per heavy atom. The van der Waals surface area contributed by atoms with Gasteiger partial charge in [-0.2, -0.15) is 0 Å². The molecule has 1 aromatic heterocycles. The van der Waals surface area contributed by atoms with Gasteiger partial charge in [0.2, 0.25) is 0 Å². The lowest BCUT2D eigenvalue weighted by Crippen LogP contribution is -2.47. The van der Waals surface area contributed by atoms with Crippen molar-refractivity contribution in [1.82, 2.24) is 25.2 Å². The number of likely N-dealkylation sites (tertiary alicyclic amines) is 1. The molecule has 2 amide bonds. The van der Waals surface area contributed by atoms with E-state index < -0.39 is 6.10 Å². The monoisotopic (exact) mass is 315 g/mol. The molecule has 7 heteroatoms. The van der Waals surface area contributed by atoms with Gasteiger partial charge in [-0.3, -0.25) is 0 Å². The molecule has 0 bridgehead atoms. The molecular weight excluding hydrogens is 294 g/mol. The zero-order valence-corrected chi connectivity index (χ0v) is 13.1. The first-order chi connectivity index (χ1) is 11.1. The van der Waals surface area contributed by atoms with E-state index in [-0.39, 0.29) is 12.1 Å². The van der Waals surface area contributed by atoms with E-state index in [1.165, 1.54) is 0 Å². The number of carbonyl (C=O) groups excluding carboxylic acids is 1. The second kappa shape index (κ2) is 6.78. The third kappa shape index (κ3) is 3.68. The lowest BCUT2D eigenvalue weighted by atomic mass is 10.1. The molecule has 23 heavy (non-hydrogen) atoms. The fourth-order valence-electron chi connectivity index (χ4n) is 2.67. The van der Waals surface area contributed by atoms with Crippen molar-refractivity contribution >= 4 is 6.03 Å². The molecule has 3 rings (SSSR count). The number of carbonyl (C=O) groups is 1. The number of nitrogens with one attached hydrogen (secondary N) is 1. The number of amides is 2. The van der Waals surface area contributed by atoms with Crippen LogP contribution in [0.5, 0.6) is 0 Å². The Bertz CT molecular complexity index is 658. The highest BCUT2D eigenvalue weighted by atomic mass is 16.3. The van der Waals surface area contributed by atoms with E-state index in [1.54, 1.807) is 9.58 Å². The van der Waals surface area contributed by atoms with Gasteiger partial charge in [0.25, 0.3) is 0 Å². The van der Waals surface area contributed by atoms with E-state index in [2.05, 4.69) is 15.6 Å². The van der Waals surface area contributed by atoms with Gasteiger partial charge in [0, 0.05) is 13.1 Å². The first kappa shape index (κ1) is 15.5. The van der Waals surface area contributed by atoms with Crippen LogP contribution in [0.2, 0.25) is 0 Å². The van der Waals surface area contributed by atoms with E-state index >= 15 is 0 Å². The molecule has 1 aliphatic heterocycles. The SMILES string of the molecule is CC(NC(=O)N1CCCC(O)C1)c1cn(-c2ccccc2)nn1. The standard InChI is InChI=1S/C16H21N5O2/c1-12(17-16(23)20-9-5-8-14(22)10-20)15-11-21(19-18-15)13-6-3-2-4-7-13/h2-4,6-7,11-12,14,22H,5,8-10H2,1H3,(H,17,23). The number of benzene rings is 1. The number of aliphatic hydroxyl groups excluding tert-OH is 1. The lowest BCUT2D eigenvalue weighted by Gasteiger charge is -2.30. The van der Waals surface area contributed by atoms with Crippen LogP contribution in [0.4, 0.5) is 4.79 Å². The molecular formula is C16H21N5O2. The average molecular weight is 315 g/mol. The summed E-state index contributed by atoms with van der Waals surface area (Å²) in [5.41, 5.74) is 1.61. The molecule has 1 fully saturated rings. The Hall–Kier alpha value is -2.41. The number of para-hydroxylation sites is 1. The molecule has 7 nitrogen and oxygen atoms in total. The summed E-state index contributed by atoms with van der Waals surface area (Å²) in [6.45, 7) is 2.93. The van der Waals surface area contributed by atoms with Crippen LogP contribution >= 0.6 is 0 Å². The van der Waals surface area contributed by atoms with Crippen molar-refractivity contribution in [3.63, 3.8) is 0 Å². The smallest absolute Gasteiger partial charge is 0.318 e. The van der Waals surface area contributed by atoms with Gasteiger partial charge in [0.05, 0.1) is 24.0 Å². The molecule has 1 aromatic carbocycles. The second-order valence-corrected chi connectivity index (χ2v) is 5.84. The number of rotatable bonds is 3. The molecule has 2 heterocycles. The fourth-order valence-corrected chi connectivity index (χ4v) is 2.67. The molecule has 1 saturated heterocycles. The normalized spacial score (nSPS) is 19.4. The third-order valence-electron chi connectivity index (χ3n) is 4.00. The van der Waals surface area contributed by atoms with Crippen LogP contribution in [0.1, 0.15) is 31.5 Å². The van der Waals surface area contributed by atoms with Crippen molar-refractivity contribution in [3.05, 3.63) is 42.2 Å². The predicted molar refractivity (Wildman–Crippen MR) is 85.1 cm³/mol. The van der Waals surface area contributed by atoms with E-state index in [9.17, 15) is 9.90 Å². The number of hydrogen-bond donors (Lipinski definition) is 2. The highest BCUT2D eigenvalue weighted by Crippen LogP contribution is 2.14. The Kier molecular flexibility index (Phi) is 4.57. The highest BCUT2D eigenvalue weighted by Gasteiger charge is 2.23. The van der Waals surface area contributed by atoms with Crippen LogP contribution in [-0.2, 0) is 0 Å². The van der Waals surface area contributed by atoms with Gasteiger partial charge in [0.1, 0.15) is 5.69 Å². The zero-order chi connectivity index (χ0) is 16.2. The maximum Gasteiger partial charge on any atom is 0.318 e. The van der Waals surface area contributed by atoms with Gasteiger partial charge in [-0.15, -0.1) is 5.10 Å². The van der Waals surface area contributed by atoms with Crippen LogP contribution < -0.4 is 5.32 Å². The molecule has 0 radical (unpaired) electrons. The molecule has 0 spiro atoms. The summed E-state index contributed by atoms with van der Waals surface area (Å²) in [5, 5.41) is 20.8. The predicted octanol–water partition coefficient (Wildman–Crippen LogP) is 1.49. The highest BCUT2D eigenvalue weighted by molar-refractivity contribution is 5.74. The molecule has 0 saturated carbocycles. The number of piperidine rings is 1. The van der Waals surface area contributed by atoms with Crippen LogP contribution in [-0.4, -0.2) is 50.2 Å². The fraction of sp³-hybridized carbons (Fsp3) is 0.438. The van der Waals surface area contributed by atoms with Crippen molar-refractivity contribution in [3.8, 4) is 5.69 Å². The Labute approximate surface area is 134 Å². The molecule has 2 atom stereocenters. The summed E-state index contributed by atoms with van der Waals surface area (Å²) in [4.78, 5) is 13.9. The number of β-amino-alcohol motifs (C(OH)–C–C–N with tert-alkyl or cyclic N) is 1. The summed E-state index contributed by atoms with van der Waals surface area (Å²) in [6, 6.07) is 9.27. The Morgan fingerprint density at radius 3 is 2.91 bits per heavy atom. The second-order valence-electron chi connectivity index (χ2n) is 5.84. The van der Waals surface area contributed by atoms with Crippen molar-refractivity contribution in [2.24, 2.45) is 0 Å². The maximum absolute atomic E-state index is 12.3. The average Bonchev–Trinajstić information content (AvgIpc) is 3.06. The molecule has 2 aromatic rings. The van der Waals surface area contributed by atoms with Gasteiger partial charge in [-0.1, -0.05) is 23.4 Å². The first-order valence-electron chi connectivity index (χ1n) is 7.84. The largest absolute Gasteiger partial charge is 0.391 e. The molecule has 1 aliphatic rings. The minimum absolute atomic E-state index is 0.175. The zero-order valence-electron chi connectivity index (χ0n) is 13.1. The first-order valence-corrected chi connectivity index (χ1v) is 7.84. The number of urea groups is 1. The van der Waals surface area contributed by atoms with E-state index in [0.29, 0.717) is 18.8 Å². The number of hydrogen-bond acceptors (Lipinski definition) is 4. The van der Waals surface area contributed by atoms with Crippen LogP contribution in [0.15, 0.2) is 36.5 Å². The molecule has 0 aliphatic carbocycles. The van der Waals surface area contributed by atoms with Gasteiger partial charge in [-0.25, -0.2) is 9.48 Å². The van der Waals surface area contributed by atoms with Gasteiger partial charge in [-0.05, 0) is 31.9 Å². The number of aromatic nitrogens is 3. The summed E-state index contributed by atoms with van der Waals surface area (Å²) in [6.07, 6.45) is 2.97. The van der Waals surface area contributed by atoms with Crippen LogP contribution in [0.25, 0.3) is 5.69 Å². The van der Waals surface area contributed by atoms with Crippen LogP contribution in [0.3, 0.4) is 0 Å². The van der Waals surface area contributed by atoms with Gasteiger partial charge in [0.15, 0.2) is 0 Å². The van der Waals surface area contributed by atoms with Gasteiger partial charge >= 0.3 is 6.03 Å². The summed E-state index contributed by atoms with van der Waals surface area (Å²) in [5.74, 6) is 0. The topological polar surface area (TPSA) is 83.3 Å². The molecule has 2 N–H and O–H groups in total. The minimum Gasteiger partial charge on any atom is -0.391 e. The third-order valence-corrected chi connectivity index (χ3v) is 4.00. The van der Waals surface area contributed by atoms with Gasteiger partial charge < -0.3 is 15.3 Å². The Balaban J connectivity index is 1.63. The summed E-state index contributed by atoms with van der Waals surface area (Å²) in [7, 11) is 0. The van der Waals surface area contributed by atoms with Crippen LogP contribution in [0, 0.1) is 0 Å². The van der Waals surface area contributed by atoms with Crippen molar-refractivity contribution in [2.75, 3.05) is 13.1 Å². The van der Waals surface area contributed by atoms with E-state index in [1.807, 2.05) is 43.5 Å². The van der Waals surface area contributed by atoms with E-state index in [0.717, 1.165) is 18.5 Å². The lowest BCUT2D eigenvalue weighted by molar-refractivity contribution is 0.0834. The minimum atomic E-state index is -0.427. The Morgan fingerprint density at radius 2 is 2.17 bits per heavy atom. The van der Waals surface area contributed by atoms with E-state index in [4.69, 9.17) is 0 Å². The number of aliphatic hydroxyl groups is 1. The summed E-state index contributed by atoms with van der Waals surface area (Å²) >= 11 is 0. The number of nitrogens with zero attached hydrogens (tertiary/aromatic N) is 4.